The molecule has 0 aliphatic heterocycles. The molecule has 3 heteroatoms. The first-order valence-electron chi connectivity index (χ1n) is 8.26. The Balaban J connectivity index is 2.53. The molecule has 0 aromatic heterocycles. The molecule has 2 aromatic carbocycles. The highest BCUT2D eigenvalue weighted by Gasteiger charge is 2.28. The van der Waals surface area contributed by atoms with Gasteiger partial charge < -0.3 is 0 Å². The summed E-state index contributed by atoms with van der Waals surface area (Å²) in [4.78, 5) is 12.8. The maximum absolute atomic E-state index is 12.8. The van der Waals surface area contributed by atoms with E-state index in [1.54, 1.807) is 0 Å². The van der Waals surface area contributed by atoms with E-state index in [1.807, 2.05) is 37.3 Å². The minimum Gasteiger partial charge on any atom is -0.289 e. The predicted molar refractivity (Wildman–Crippen MR) is 107 cm³/mol. The Morgan fingerprint density at radius 2 is 1.17 bits per heavy atom. The number of hydrogen-bond donors (Lipinski definition) is 0. The molecule has 0 amide bonds. The molecule has 0 unspecified atom stereocenters. The standard InChI is InChI=1S/C20H28OSi2/c1-15-8-10-16(11-9-15)20(21)17-12-13-18(22(2,3)4)19(14-17)23(5,6)7/h8-14H,1-7H3. The van der Waals surface area contributed by atoms with Crippen LogP contribution in [0, 0.1) is 6.92 Å². The van der Waals surface area contributed by atoms with E-state index < -0.39 is 16.1 Å². The van der Waals surface area contributed by atoms with Gasteiger partial charge >= 0.3 is 0 Å². The van der Waals surface area contributed by atoms with Gasteiger partial charge in [0.05, 0.1) is 16.1 Å². The summed E-state index contributed by atoms with van der Waals surface area (Å²) in [6.45, 7) is 16.3. The van der Waals surface area contributed by atoms with Crippen LogP contribution in [0.1, 0.15) is 21.5 Å². The highest BCUT2D eigenvalue weighted by atomic mass is 28.3. The van der Waals surface area contributed by atoms with E-state index in [0.29, 0.717) is 0 Å². The van der Waals surface area contributed by atoms with Gasteiger partial charge in [-0.15, -0.1) is 0 Å². The van der Waals surface area contributed by atoms with E-state index >= 15 is 0 Å². The van der Waals surface area contributed by atoms with Crippen molar-refractivity contribution in [1.29, 1.82) is 0 Å². The van der Waals surface area contributed by atoms with Gasteiger partial charge in [-0.05, 0) is 6.92 Å². The summed E-state index contributed by atoms with van der Waals surface area (Å²) in [7, 11) is -2.90. The third-order valence-electron chi connectivity index (χ3n) is 4.21. The molecule has 0 atom stereocenters. The van der Waals surface area contributed by atoms with Crippen LogP contribution in [0.3, 0.4) is 0 Å². The quantitative estimate of drug-likeness (QED) is 0.598. The van der Waals surface area contributed by atoms with E-state index in [-0.39, 0.29) is 5.78 Å². The van der Waals surface area contributed by atoms with Crippen molar-refractivity contribution >= 4 is 32.3 Å². The molecule has 0 radical (unpaired) electrons. The maximum Gasteiger partial charge on any atom is 0.193 e. The maximum atomic E-state index is 12.8. The second-order valence-electron chi connectivity index (χ2n) is 8.46. The molecular weight excluding hydrogens is 312 g/mol. The molecule has 23 heavy (non-hydrogen) atoms. The lowest BCUT2D eigenvalue weighted by Crippen LogP contribution is -2.56. The molecule has 0 aliphatic rings. The summed E-state index contributed by atoms with van der Waals surface area (Å²) in [5.41, 5.74) is 2.78. The van der Waals surface area contributed by atoms with Gasteiger partial charge in [-0.25, -0.2) is 0 Å². The highest BCUT2D eigenvalue weighted by molar-refractivity contribution is 6.98. The van der Waals surface area contributed by atoms with Crippen molar-refractivity contribution in [2.45, 2.75) is 46.2 Å². The smallest absolute Gasteiger partial charge is 0.193 e. The Kier molecular flexibility index (Phi) is 4.83. The number of carbonyl (C=O) groups excluding carboxylic acids is 1. The number of ketones is 1. The molecule has 0 bridgehead atoms. The monoisotopic (exact) mass is 340 g/mol. The Bertz CT molecular complexity index is 717. The molecule has 0 spiro atoms. The van der Waals surface area contributed by atoms with Gasteiger partial charge in [0.1, 0.15) is 0 Å². The molecule has 0 saturated carbocycles. The van der Waals surface area contributed by atoms with Crippen LogP contribution in [-0.2, 0) is 0 Å². The van der Waals surface area contributed by atoms with Gasteiger partial charge in [0.2, 0.25) is 0 Å². The van der Waals surface area contributed by atoms with Crippen LogP contribution in [0.2, 0.25) is 39.3 Å². The summed E-state index contributed by atoms with van der Waals surface area (Å²) in [6.07, 6.45) is 0. The normalized spacial score (nSPS) is 12.3. The van der Waals surface area contributed by atoms with Gasteiger partial charge in [-0.3, -0.25) is 4.79 Å². The number of carbonyl (C=O) groups is 1. The Morgan fingerprint density at radius 1 is 0.696 bits per heavy atom. The van der Waals surface area contributed by atoms with Gasteiger partial charge in [-0.1, -0.05) is 97.7 Å². The zero-order chi connectivity index (χ0) is 17.4. The van der Waals surface area contributed by atoms with Crippen molar-refractivity contribution in [3.63, 3.8) is 0 Å². The first kappa shape index (κ1) is 17.9. The summed E-state index contributed by atoms with van der Waals surface area (Å²) in [6, 6.07) is 14.3. The third kappa shape index (κ3) is 4.09. The molecule has 0 N–H and O–H groups in total. The zero-order valence-corrected chi connectivity index (χ0v) is 17.4. The van der Waals surface area contributed by atoms with Crippen LogP contribution in [0.25, 0.3) is 0 Å². The minimum absolute atomic E-state index is 0.131. The molecule has 0 heterocycles. The average Bonchev–Trinajstić information content (AvgIpc) is 2.45. The second kappa shape index (κ2) is 6.21. The minimum atomic E-state index is -1.49. The number of benzene rings is 2. The van der Waals surface area contributed by atoms with Crippen molar-refractivity contribution < 1.29 is 4.79 Å². The van der Waals surface area contributed by atoms with Crippen molar-refractivity contribution in [1.82, 2.24) is 0 Å². The van der Waals surface area contributed by atoms with E-state index in [4.69, 9.17) is 0 Å². The summed E-state index contributed by atoms with van der Waals surface area (Å²) >= 11 is 0. The van der Waals surface area contributed by atoms with E-state index in [0.717, 1.165) is 11.1 Å². The fourth-order valence-corrected chi connectivity index (χ4v) is 8.02. The van der Waals surface area contributed by atoms with Crippen molar-refractivity contribution in [2.75, 3.05) is 0 Å². The number of aryl methyl sites for hydroxylation is 1. The van der Waals surface area contributed by atoms with Crippen LogP contribution in [0.4, 0.5) is 0 Å². The van der Waals surface area contributed by atoms with Gasteiger partial charge in [-0.2, -0.15) is 0 Å². The molecular formula is C20H28OSi2. The Labute approximate surface area is 142 Å². The van der Waals surface area contributed by atoms with Crippen LogP contribution in [0.15, 0.2) is 42.5 Å². The van der Waals surface area contributed by atoms with E-state index in [1.165, 1.54) is 15.9 Å². The second-order valence-corrected chi connectivity index (χ2v) is 18.5. The van der Waals surface area contributed by atoms with Gasteiger partial charge in [0, 0.05) is 11.1 Å². The molecule has 1 nitrogen and oxygen atoms in total. The van der Waals surface area contributed by atoms with Crippen molar-refractivity contribution in [3.8, 4) is 0 Å². The van der Waals surface area contributed by atoms with Gasteiger partial charge in [0.25, 0.3) is 0 Å². The lowest BCUT2D eigenvalue weighted by molar-refractivity contribution is 0.103. The Hall–Kier alpha value is -1.46. The summed E-state index contributed by atoms with van der Waals surface area (Å²) in [5.74, 6) is 0.131. The lowest BCUT2D eigenvalue weighted by atomic mass is 10.0. The number of rotatable bonds is 4. The van der Waals surface area contributed by atoms with Crippen molar-refractivity contribution in [2.24, 2.45) is 0 Å². The summed E-state index contributed by atoms with van der Waals surface area (Å²) < 4.78 is 0. The third-order valence-corrected chi connectivity index (χ3v) is 8.54. The molecule has 0 fully saturated rings. The van der Waals surface area contributed by atoms with Gasteiger partial charge in [0.15, 0.2) is 5.78 Å². The average molecular weight is 341 g/mol. The lowest BCUT2D eigenvalue weighted by Gasteiger charge is -2.28. The fourth-order valence-electron chi connectivity index (χ4n) is 2.83. The van der Waals surface area contributed by atoms with E-state index in [2.05, 4.69) is 51.4 Å². The van der Waals surface area contributed by atoms with Crippen LogP contribution < -0.4 is 10.4 Å². The molecule has 122 valence electrons. The first-order valence-corrected chi connectivity index (χ1v) is 15.3. The molecule has 0 aliphatic carbocycles. The predicted octanol–water partition coefficient (Wildman–Crippen LogP) is 4.32. The Morgan fingerprint density at radius 3 is 1.65 bits per heavy atom. The first-order chi connectivity index (χ1) is 10.5. The van der Waals surface area contributed by atoms with Crippen LogP contribution in [0.5, 0.6) is 0 Å². The summed E-state index contributed by atoms with van der Waals surface area (Å²) in [5, 5.41) is 2.96. The zero-order valence-electron chi connectivity index (χ0n) is 15.4. The SMILES string of the molecule is Cc1ccc(C(=O)c2ccc([Si](C)(C)C)c([Si](C)(C)C)c2)cc1. The topological polar surface area (TPSA) is 17.1 Å². The van der Waals surface area contributed by atoms with Crippen LogP contribution >= 0.6 is 0 Å². The van der Waals surface area contributed by atoms with Crippen LogP contribution in [-0.4, -0.2) is 21.9 Å². The largest absolute Gasteiger partial charge is 0.289 e. The molecule has 2 aromatic rings. The number of hydrogen-bond acceptors (Lipinski definition) is 1. The highest BCUT2D eigenvalue weighted by Crippen LogP contribution is 2.13. The fraction of sp³-hybridized carbons (Fsp3) is 0.350. The van der Waals surface area contributed by atoms with E-state index in [9.17, 15) is 4.79 Å². The molecule has 2 rings (SSSR count). The van der Waals surface area contributed by atoms with Crippen molar-refractivity contribution in [3.05, 3.63) is 59.2 Å². The molecule has 0 saturated heterocycles.